The zero-order chi connectivity index (χ0) is 21.6. The minimum absolute atomic E-state index is 0.0130. The van der Waals surface area contributed by atoms with Crippen molar-refractivity contribution < 1.29 is 24.3 Å². The molecule has 0 saturated carbocycles. The maximum atomic E-state index is 12.4. The van der Waals surface area contributed by atoms with Gasteiger partial charge in [-0.25, -0.2) is 0 Å². The summed E-state index contributed by atoms with van der Waals surface area (Å²) in [7, 11) is 0. The lowest BCUT2D eigenvalue weighted by atomic mass is 10.1. The molecule has 0 heterocycles. The average molecular weight is 398 g/mol. The Bertz CT molecular complexity index is 821. The monoisotopic (exact) mass is 398 g/mol. The minimum atomic E-state index is -1.20. The van der Waals surface area contributed by atoms with Crippen LogP contribution in [0.15, 0.2) is 24.3 Å². The van der Waals surface area contributed by atoms with Crippen LogP contribution >= 0.6 is 0 Å². The van der Waals surface area contributed by atoms with E-state index >= 15 is 0 Å². The highest BCUT2D eigenvalue weighted by atomic mass is 16.4. The maximum absolute atomic E-state index is 12.4. The molecule has 152 valence electrons. The molecule has 1 rings (SSSR count). The Labute approximate surface area is 168 Å². The third-order valence-electron chi connectivity index (χ3n) is 3.82. The molecule has 1 aromatic carbocycles. The molecule has 29 heavy (non-hydrogen) atoms. The highest BCUT2D eigenvalue weighted by Gasteiger charge is 2.21. The zero-order valence-corrected chi connectivity index (χ0v) is 15.7. The number of unbranched alkanes of at least 4 members (excludes halogenated alkanes) is 1. The van der Waals surface area contributed by atoms with Crippen LogP contribution in [0.4, 0.5) is 0 Å². The van der Waals surface area contributed by atoms with Gasteiger partial charge in [0.1, 0.15) is 12.6 Å². The number of amides is 3. The summed E-state index contributed by atoms with van der Waals surface area (Å²) in [4.78, 5) is 46.6. The lowest BCUT2D eigenvalue weighted by Crippen LogP contribution is -2.47. The van der Waals surface area contributed by atoms with Gasteiger partial charge in [0.15, 0.2) is 0 Å². The molecule has 9 nitrogen and oxygen atoms in total. The molecule has 4 N–H and O–H groups in total. The normalized spacial score (nSPS) is 10.7. The lowest BCUT2D eigenvalue weighted by molar-refractivity contribution is -0.138. The molecule has 0 saturated heterocycles. The van der Waals surface area contributed by atoms with Gasteiger partial charge in [0, 0.05) is 12.1 Å². The van der Waals surface area contributed by atoms with E-state index in [0.717, 1.165) is 0 Å². The van der Waals surface area contributed by atoms with E-state index in [-0.39, 0.29) is 24.3 Å². The van der Waals surface area contributed by atoms with E-state index in [1.54, 1.807) is 0 Å². The Hall–Kier alpha value is -3.85. The van der Waals surface area contributed by atoms with Gasteiger partial charge in [0.25, 0.3) is 5.91 Å². The number of terminal acetylenes is 1. The predicted molar refractivity (Wildman–Crippen MR) is 103 cm³/mol. The first-order valence-corrected chi connectivity index (χ1v) is 8.88. The zero-order valence-electron chi connectivity index (χ0n) is 15.7. The van der Waals surface area contributed by atoms with Gasteiger partial charge in [-0.05, 0) is 43.5 Å². The van der Waals surface area contributed by atoms with Crippen molar-refractivity contribution in [3.05, 3.63) is 35.4 Å². The van der Waals surface area contributed by atoms with Gasteiger partial charge >= 0.3 is 5.97 Å². The minimum Gasteiger partial charge on any atom is -0.480 e. The van der Waals surface area contributed by atoms with Gasteiger partial charge in [0.2, 0.25) is 11.8 Å². The van der Waals surface area contributed by atoms with Crippen LogP contribution in [-0.4, -0.2) is 47.9 Å². The Kier molecular flexibility index (Phi) is 10.0. The number of hydrogen-bond acceptors (Lipinski definition) is 5. The molecule has 1 aromatic rings. The summed E-state index contributed by atoms with van der Waals surface area (Å²) >= 11 is 0. The summed E-state index contributed by atoms with van der Waals surface area (Å²) in [5, 5.41) is 25.0. The molecule has 3 amide bonds. The van der Waals surface area contributed by atoms with Crippen LogP contribution in [0.2, 0.25) is 0 Å². The Morgan fingerprint density at radius 1 is 1.10 bits per heavy atom. The topological polar surface area (TPSA) is 148 Å². The van der Waals surface area contributed by atoms with E-state index < -0.39 is 30.4 Å². The Morgan fingerprint density at radius 2 is 1.79 bits per heavy atom. The molecule has 0 radical (unpaired) electrons. The fourth-order valence-corrected chi connectivity index (χ4v) is 2.35. The van der Waals surface area contributed by atoms with Gasteiger partial charge < -0.3 is 21.1 Å². The molecular formula is C20H22N4O5. The fourth-order valence-electron chi connectivity index (χ4n) is 2.35. The molecule has 0 fully saturated rings. The van der Waals surface area contributed by atoms with Crippen LogP contribution in [0.1, 0.15) is 41.6 Å². The van der Waals surface area contributed by atoms with Crippen molar-refractivity contribution in [3.63, 3.8) is 0 Å². The number of carboxylic acids is 1. The molecule has 0 aromatic heterocycles. The molecule has 0 bridgehead atoms. The second-order valence-electron chi connectivity index (χ2n) is 6.05. The van der Waals surface area contributed by atoms with Crippen molar-refractivity contribution >= 4 is 23.7 Å². The van der Waals surface area contributed by atoms with Crippen LogP contribution < -0.4 is 16.0 Å². The second-order valence-corrected chi connectivity index (χ2v) is 6.05. The quantitative estimate of drug-likeness (QED) is 0.308. The summed E-state index contributed by atoms with van der Waals surface area (Å²) in [5.41, 5.74) is 0.658. The molecule has 0 aliphatic heterocycles. The molecule has 0 aliphatic carbocycles. The van der Waals surface area contributed by atoms with Crippen LogP contribution in [0, 0.1) is 23.7 Å². The van der Waals surface area contributed by atoms with E-state index in [1.165, 1.54) is 24.3 Å². The number of nitriles is 1. The largest absolute Gasteiger partial charge is 0.480 e. The summed E-state index contributed by atoms with van der Waals surface area (Å²) in [6.45, 7) is -0.197. The van der Waals surface area contributed by atoms with Crippen LogP contribution in [0.25, 0.3) is 0 Å². The Balaban J connectivity index is 2.64. The van der Waals surface area contributed by atoms with Crippen molar-refractivity contribution in [2.75, 3.05) is 13.1 Å². The van der Waals surface area contributed by atoms with E-state index in [1.807, 2.05) is 6.07 Å². The molecule has 0 aliphatic rings. The summed E-state index contributed by atoms with van der Waals surface area (Å²) in [6, 6.07) is 6.88. The molecular weight excluding hydrogens is 376 g/mol. The predicted octanol–water partition coefficient (Wildman–Crippen LogP) is 0.167. The number of aliphatic carboxylic acids is 1. The number of carbonyl (C=O) groups is 4. The van der Waals surface area contributed by atoms with Crippen molar-refractivity contribution in [2.45, 2.75) is 31.7 Å². The number of nitrogens with one attached hydrogen (secondary N) is 3. The highest BCUT2D eigenvalue weighted by molar-refractivity contribution is 5.97. The number of carbonyl (C=O) groups excluding carboxylic acids is 3. The fraction of sp³-hybridized carbons (Fsp3) is 0.350. The Morgan fingerprint density at radius 3 is 2.38 bits per heavy atom. The molecule has 9 heteroatoms. The van der Waals surface area contributed by atoms with Crippen LogP contribution in [0.5, 0.6) is 0 Å². The van der Waals surface area contributed by atoms with Gasteiger partial charge in [-0.3, -0.25) is 19.2 Å². The van der Waals surface area contributed by atoms with E-state index in [4.69, 9.17) is 16.8 Å². The number of carboxylic acid groups (broad SMARTS) is 1. The number of nitrogens with zero attached hydrogens (tertiary/aromatic N) is 1. The standard InChI is InChI=1S/C20H22N4O5/c1-2-5-17(25)22-11-4-3-6-16(20(29)23-13-18(26)27)24-19(28)15-9-7-14(12-21)8-10-15/h1,7-10,16H,3-6,11,13H2,(H,22,25)(H,23,29)(H,24,28)(H,26,27)/t16-/m0/s1. The third-order valence-corrected chi connectivity index (χ3v) is 3.82. The first kappa shape index (κ1) is 23.2. The molecule has 0 spiro atoms. The van der Waals surface area contributed by atoms with Gasteiger partial charge in [-0.15, -0.1) is 6.42 Å². The maximum Gasteiger partial charge on any atom is 0.322 e. The second kappa shape index (κ2) is 12.5. The first-order chi connectivity index (χ1) is 13.9. The number of hydrogen-bond donors (Lipinski definition) is 4. The van der Waals surface area contributed by atoms with Gasteiger partial charge in [-0.1, -0.05) is 5.92 Å². The van der Waals surface area contributed by atoms with Crippen molar-refractivity contribution in [3.8, 4) is 18.4 Å². The molecule has 0 unspecified atom stereocenters. The van der Waals surface area contributed by atoms with Crippen molar-refractivity contribution in [1.82, 2.24) is 16.0 Å². The van der Waals surface area contributed by atoms with Crippen LogP contribution in [-0.2, 0) is 14.4 Å². The lowest BCUT2D eigenvalue weighted by Gasteiger charge is -2.18. The summed E-state index contributed by atoms with van der Waals surface area (Å²) in [5.74, 6) is -0.378. The van der Waals surface area contributed by atoms with Crippen molar-refractivity contribution in [2.24, 2.45) is 0 Å². The average Bonchev–Trinajstić information content (AvgIpc) is 2.71. The third kappa shape index (κ3) is 9.07. The van der Waals surface area contributed by atoms with Gasteiger partial charge in [0.05, 0.1) is 18.1 Å². The van der Waals surface area contributed by atoms with E-state index in [0.29, 0.717) is 24.9 Å². The van der Waals surface area contributed by atoms with Gasteiger partial charge in [-0.2, -0.15) is 5.26 Å². The van der Waals surface area contributed by atoms with E-state index in [2.05, 4.69) is 21.9 Å². The molecule has 1 atom stereocenters. The summed E-state index contributed by atoms with van der Waals surface area (Å²) in [6.07, 6.45) is 6.32. The number of rotatable bonds is 11. The first-order valence-electron chi connectivity index (χ1n) is 8.88. The number of benzene rings is 1. The SMILES string of the molecule is C#CCC(=O)NCCCC[C@H](NC(=O)c1ccc(C#N)cc1)C(=O)NCC(=O)O. The van der Waals surface area contributed by atoms with E-state index in [9.17, 15) is 19.2 Å². The smallest absolute Gasteiger partial charge is 0.322 e. The highest BCUT2D eigenvalue weighted by Crippen LogP contribution is 2.06. The van der Waals surface area contributed by atoms with Crippen LogP contribution in [0.3, 0.4) is 0 Å². The van der Waals surface area contributed by atoms with Crippen molar-refractivity contribution in [1.29, 1.82) is 5.26 Å². The summed E-state index contributed by atoms with van der Waals surface area (Å²) < 4.78 is 0.